The first-order valence-electron chi connectivity index (χ1n) is 13.7. The van der Waals surface area contributed by atoms with Crippen molar-refractivity contribution in [3.63, 3.8) is 0 Å². The molecule has 0 aromatic rings. The fourth-order valence-corrected chi connectivity index (χ4v) is 4.76. The van der Waals surface area contributed by atoms with Crippen molar-refractivity contribution in [2.24, 2.45) is 17.8 Å². The molecule has 7 nitrogen and oxygen atoms in total. The summed E-state index contributed by atoms with van der Waals surface area (Å²) in [6.07, 6.45) is 19.1. The van der Waals surface area contributed by atoms with Crippen molar-refractivity contribution >= 4 is 17.9 Å². The van der Waals surface area contributed by atoms with E-state index in [1.165, 1.54) is 71.1 Å². The zero-order chi connectivity index (χ0) is 26.7. The highest BCUT2D eigenvalue weighted by Gasteiger charge is 2.36. The summed E-state index contributed by atoms with van der Waals surface area (Å²) in [7, 11) is 0. The zero-order valence-electron chi connectivity index (χ0n) is 22.7. The molecule has 0 aromatic heterocycles. The van der Waals surface area contributed by atoms with Gasteiger partial charge in [0.05, 0.1) is 26.2 Å². The van der Waals surface area contributed by atoms with Crippen molar-refractivity contribution in [3.8, 4) is 0 Å². The first-order valence-corrected chi connectivity index (χ1v) is 13.7. The van der Waals surface area contributed by atoms with Gasteiger partial charge in [0, 0.05) is 11.9 Å². The molecular formula is C28H51NO6. The third-order valence-electron chi connectivity index (χ3n) is 6.86. The largest absolute Gasteiger partial charge is 0.550 e. The van der Waals surface area contributed by atoms with Crippen LogP contribution in [0.4, 0.5) is 0 Å². The van der Waals surface area contributed by atoms with E-state index in [9.17, 15) is 29.7 Å². The Morgan fingerprint density at radius 3 is 1.49 bits per heavy atom. The van der Waals surface area contributed by atoms with Gasteiger partial charge in [0.25, 0.3) is 0 Å². The third kappa shape index (κ3) is 16.4. The Morgan fingerprint density at radius 2 is 1.09 bits per heavy atom. The number of carbonyl (C=O) groups excluding carboxylic acids is 1. The Kier molecular flexibility index (Phi) is 18.3. The summed E-state index contributed by atoms with van der Waals surface area (Å²) in [4.78, 5) is 34.5. The lowest BCUT2D eigenvalue weighted by molar-refractivity contribution is -0.929. The maximum absolute atomic E-state index is 11.5. The van der Waals surface area contributed by atoms with Crippen molar-refractivity contribution in [2.45, 2.75) is 105 Å². The number of aliphatic carboxylic acids is 3. The minimum Gasteiger partial charge on any atom is -0.550 e. The highest BCUT2D eigenvalue weighted by atomic mass is 16.4. The summed E-state index contributed by atoms with van der Waals surface area (Å²) >= 11 is 0. The second-order valence-corrected chi connectivity index (χ2v) is 10.6. The minimum atomic E-state index is -1.21. The van der Waals surface area contributed by atoms with Crippen LogP contribution in [0.25, 0.3) is 0 Å². The van der Waals surface area contributed by atoms with Gasteiger partial charge >= 0.3 is 11.9 Å². The number of hydrogen-bond donors (Lipinski definition) is 2. The average molecular weight is 498 g/mol. The number of unbranched alkanes of at least 4 members (excludes halogenated alkanes) is 11. The number of rotatable bonds is 23. The molecule has 0 amide bonds. The molecule has 0 saturated heterocycles. The Bertz CT molecular complexity index is 578. The molecular weight excluding hydrogens is 446 g/mol. The second kappa shape index (κ2) is 19.3. The maximum Gasteiger partial charge on any atom is 0.311 e. The van der Waals surface area contributed by atoms with Crippen LogP contribution in [0.5, 0.6) is 0 Å². The number of nitrogens with zero attached hydrogens (tertiary/aromatic N) is 1. The highest BCUT2D eigenvalue weighted by molar-refractivity contribution is 5.70. The van der Waals surface area contributed by atoms with Gasteiger partial charge in [-0.1, -0.05) is 84.1 Å². The Labute approximate surface area is 213 Å². The van der Waals surface area contributed by atoms with E-state index < -0.39 is 35.7 Å². The zero-order valence-corrected chi connectivity index (χ0v) is 22.7. The van der Waals surface area contributed by atoms with Crippen LogP contribution in [0, 0.1) is 17.8 Å². The van der Waals surface area contributed by atoms with Crippen LogP contribution in [0.3, 0.4) is 0 Å². The molecule has 0 aromatic carbocycles. The number of allylic oxidation sites excluding steroid dienone is 1. The van der Waals surface area contributed by atoms with Gasteiger partial charge in [-0.25, -0.2) is 0 Å². The quantitative estimate of drug-likeness (QED) is 0.118. The predicted octanol–water partition coefficient (Wildman–Crippen LogP) is 4.89. The highest BCUT2D eigenvalue weighted by Crippen LogP contribution is 2.20. The molecule has 204 valence electrons. The van der Waals surface area contributed by atoms with E-state index in [1.807, 2.05) is 6.08 Å². The van der Waals surface area contributed by atoms with E-state index in [2.05, 4.69) is 13.0 Å². The lowest BCUT2D eigenvalue weighted by Gasteiger charge is -2.42. The predicted molar refractivity (Wildman–Crippen MR) is 138 cm³/mol. The molecule has 0 saturated carbocycles. The van der Waals surface area contributed by atoms with E-state index in [0.717, 1.165) is 12.8 Å². The lowest BCUT2D eigenvalue weighted by atomic mass is 10.0. The molecule has 0 spiro atoms. The number of carboxylic acid groups (broad SMARTS) is 3. The summed E-state index contributed by atoms with van der Waals surface area (Å²) in [5.41, 5.74) is 0. The van der Waals surface area contributed by atoms with Crippen LogP contribution in [-0.2, 0) is 14.4 Å². The van der Waals surface area contributed by atoms with Crippen LogP contribution in [0.15, 0.2) is 12.2 Å². The van der Waals surface area contributed by atoms with E-state index in [-0.39, 0.29) is 24.1 Å². The van der Waals surface area contributed by atoms with E-state index in [1.54, 1.807) is 13.8 Å². The average Bonchev–Trinajstić information content (AvgIpc) is 2.78. The number of carbonyl (C=O) groups is 3. The topological polar surface area (TPSA) is 115 Å². The molecule has 0 radical (unpaired) electrons. The molecule has 0 heterocycles. The smallest absolute Gasteiger partial charge is 0.311 e. The van der Waals surface area contributed by atoms with E-state index in [0.29, 0.717) is 6.54 Å². The summed E-state index contributed by atoms with van der Waals surface area (Å²) in [6, 6.07) is 0. The monoisotopic (exact) mass is 497 g/mol. The van der Waals surface area contributed by atoms with Crippen molar-refractivity contribution in [2.75, 3.05) is 26.2 Å². The Balaban J connectivity index is 4.77. The van der Waals surface area contributed by atoms with Gasteiger partial charge in [0.2, 0.25) is 0 Å². The summed E-state index contributed by atoms with van der Waals surface area (Å²) in [5.74, 6) is -5.39. The first-order chi connectivity index (χ1) is 16.5. The number of carboxylic acids is 3. The van der Waals surface area contributed by atoms with Gasteiger partial charge in [0.15, 0.2) is 0 Å². The van der Waals surface area contributed by atoms with Crippen LogP contribution in [0.1, 0.15) is 105 Å². The SMILES string of the molecule is CCCCCCCCCCCCC/C=C/C[N+](CC(C)C(=O)[O-])(CC(C)C(=O)O)CC(C)C(=O)O. The van der Waals surface area contributed by atoms with Gasteiger partial charge in [-0.15, -0.1) is 0 Å². The fourth-order valence-electron chi connectivity index (χ4n) is 4.76. The molecule has 0 aliphatic carbocycles. The second-order valence-electron chi connectivity index (χ2n) is 10.6. The first kappa shape index (κ1) is 33.1. The minimum absolute atomic E-state index is 0.102. The van der Waals surface area contributed by atoms with Crippen molar-refractivity contribution < 1.29 is 34.2 Å². The molecule has 2 N–H and O–H groups in total. The van der Waals surface area contributed by atoms with Crippen LogP contribution >= 0.6 is 0 Å². The third-order valence-corrected chi connectivity index (χ3v) is 6.86. The number of hydrogen-bond acceptors (Lipinski definition) is 4. The lowest BCUT2D eigenvalue weighted by Crippen LogP contribution is -2.58. The molecule has 3 atom stereocenters. The molecule has 0 rings (SSSR count). The van der Waals surface area contributed by atoms with Gasteiger partial charge < -0.3 is 24.6 Å². The summed E-state index contributed by atoms with van der Waals surface area (Å²) in [5, 5.41) is 30.4. The molecule has 0 bridgehead atoms. The normalized spacial score (nSPS) is 16.0. The summed E-state index contributed by atoms with van der Waals surface area (Å²) < 4.78 is 0.102. The molecule has 35 heavy (non-hydrogen) atoms. The molecule has 3 unspecified atom stereocenters. The Hall–Kier alpha value is -1.89. The van der Waals surface area contributed by atoms with E-state index in [4.69, 9.17) is 0 Å². The molecule has 0 aliphatic rings. The molecule has 7 heteroatoms. The molecule has 0 aliphatic heterocycles. The van der Waals surface area contributed by atoms with Crippen molar-refractivity contribution in [1.82, 2.24) is 0 Å². The van der Waals surface area contributed by atoms with Crippen LogP contribution in [-0.4, -0.2) is 58.8 Å². The molecule has 0 fully saturated rings. The van der Waals surface area contributed by atoms with Crippen LogP contribution in [0.2, 0.25) is 0 Å². The van der Waals surface area contributed by atoms with Crippen LogP contribution < -0.4 is 5.11 Å². The van der Waals surface area contributed by atoms with E-state index >= 15 is 0 Å². The van der Waals surface area contributed by atoms with Gasteiger partial charge in [0.1, 0.15) is 11.8 Å². The number of quaternary nitrogens is 1. The standard InChI is InChI=1S/C28H51NO6/c1-5-6-7-8-9-10-11-12-13-14-15-16-17-18-19-29(20-23(2)26(30)31,21-24(3)27(32)33)22-25(4)28(34)35/h17-18,23-25H,5-16,19-22H2,1-4H3,(H2-,30,31,32,33,34,35)/b18-17+. The van der Waals surface area contributed by atoms with Gasteiger partial charge in [-0.2, -0.15) is 0 Å². The fraction of sp³-hybridized carbons (Fsp3) is 0.821. The maximum atomic E-state index is 11.5. The van der Waals surface area contributed by atoms with Crippen molar-refractivity contribution in [3.05, 3.63) is 12.2 Å². The van der Waals surface area contributed by atoms with Crippen molar-refractivity contribution in [1.29, 1.82) is 0 Å². The summed E-state index contributed by atoms with van der Waals surface area (Å²) in [6.45, 7) is 7.83. The Morgan fingerprint density at radius 1 is 0.686 bits per heavy atom. The van der Waals surface area contributed by atoms with Gasteiger partial charge in [-0.3, -0.25) is 9.59 Å². The van der Waals surface area contributed by atoms with Gasteiger partial charge in [-0.05, 0) is 32.8 Å².